The number of carbonyl (C=O) groups excluding carboxylic acids is 1. The van der Waals surface area contributed by atoms with Crippen LogP contribution in [0.5, 0.6) is 0 Å². The summed E-state index contributed by atoms with van der Waals surface area (Å²) in [6.07, 6.45) is -1.05. The second-order valence-corrected chi connectivity index (χ2v) is 11.1. The summed E-state index contributed by atoms with van der Waals surface area (Å²) in [6, 6.07) is 3.50. The van der Waals surface area contributed by atoms with E-state index in [9.17, 15) is 22.8 Å². The number of likely N-dealkylation sites (N-methyl/N-ethyl adjacent to an activating group) is 2. The molecular formula is C29H34F4N8O2. The standard InChI is InChI=1S/C29H34F4N8O2/c1-18-17-41(9-6-39(18)3)25-12-24(30)21(20-14-36-28(37-15-20)40-7-4-38(2)5-8-40)10-19(25)13-35-27(43)22-16-34-26(42)11-23(22)29(31,32)33/h10-12,14-16,18H,4-9,13,17H2,1-3H3,(H,34,42)(H,35,43)/t18-/m1/s1. The number of hydrogen-bond acceptors (Lipinski definition) is 8. The van der Waals surface area contributed by atoms with Gasteiger partial charge >= 0.3 is 6.18 Å². The molecule has 10 nitrogen and oxygen atoms in total. The predicted molar refractivity (Wildman–Crippen MR) is 155 cm³/mol. The number of nitrogens with zero attached hydrogens (tertiary/aromatic N) is 6. The van der Waals surface area contributed by atoms with Crippen LogP contribution in [0.2, 0.25) is 0 Å². The Kier molecular flexibility index (Phi) is 8.69. The van der Waals surface area contributed by atoms with Gasteiger partial charge in [-0.1, -0.05) is 0 Å². The van der Waals surface area contributed by atoms with Crippen LogP contribution in [-0.2, 0) is 12.7 Å². The van der Waals surface area contributed by atoms with Crippen LogP contribution in [0.4, 0.5) is 29.2 Å². The van der Waals surface area contributed by atoms with E-state index in [0.29, 0.717) is 41.9 Å². The van der Waals surface area contributed by atoms with Crippen molar-refractivity contribution in [2.75, 3.05) is 69.7 Å². The second-order valence-electron chi connectivity index (χ2n) is 11.1. The third-order valence-corrected chi connectivity index (χ3v) is 8.12. The number of benzene rings is 1. The molecule has 1 atom stereocenters. The molecule has 0 bridgehead atoms. The molecule has 2 aliphatic heterocycles. The fraction of sp³-hybridized carbons (Fsp3) is 0.448. The van der Waals surface area contributed by atoms with Crippen LogP contribution in [0.15, 0.2) is 41.6 Å². The highest BCUT2D eigenvalue weighted by Gasteiger charge is 2.36. The van der Waals surface area contributed by atoms with E-state index >= 15 is 4.39 Å². The zero-order valence-corrected chi connectivity index (χ0v) is 24.2. The molecule has 0 unspecified atom stereocenters. The number of hydrogen-bond donors (Lipinski definition) is 2. The van der Waals surface area contributed by atoms with E-state index in [4.69, 9.17) is 0 Å². The Morgan fingerprint density at radius 3 is 2.35 bits per heavy atom. The lowest BCUT2D eigenvalue weighted by molar-refractivity contribution is -0.138. The number of aromatic nitrogens is 3. The maximum Gasteiger partial charge on any atom is 0.417 e. The normalized spacial score (nSPS) is 18.6. The van der Waals surface area contributed by atoms with Gasteiger partial charge in [-0.15, -0.1) is 0 Å². The third-order valence-electron chi connectivity index (χ3n) is 8.12. The van der Waals surface area contributed by atoms with Gasteiger partial charge in [0.2, 0.25) is 11.5 Å². The molecule has 230 valence electrons. The molecule has 2 aliphatic rings. The van der Waals surface area contributed by atoms with Crippen LogP contribution < -0.4 is 20.7 Å². The molecule has 0 aliphatic carbocycles. The van der Waals surface area contributed by atoms with Crippen molar-refractivity contribution in [1.82, 2.24) is 30.1 Å². The third kappa shape index (κ3) is 6.80. The Balaban J connectivity index is 1.45. The summed E-state index contributed by atoms with van der Waals surface area (Å²) in [6.45, 7) is 7.10. The molecule has 0 saturated carbocycles. The van der Waals surface area contributed by atoms with Crippen LogP contribution in [-0.4, -0.2) is 96.6 Å². The van der Waals surface area contributed by atoms with Crippen molar-refractivity contribution in [1.29, 1.82) is 0 Å². The summed E-state index contributed by atoms with van der Waals surface area (Å²) in [5.74, 6) is -0.978. The van der Waals surface area contributed by atoms with Gasteiger partial charge in [-0.25, -0.2) is 14.4 Å². The SMILES string of the molecule is C[C@@H]1CN(c2cc(F)c(-c3cnc(N4CCN(C)CC4)nc3)cc2CNC(=O)c2c[nH]c(=O)cc2C(F)(F)F)CCN1C. The quantitative estimate of drug-likeness (QED) is 0.416. The highest BCUT2D eigenvalue weighted by atomic mass is 19.4. The van der Waals surface area contributed by atoms with Gasteiger partial charge in [-0.05, 0) is 38.7 Å². The molecule has 2 N–H and O–H groups in total. The minimum atomic E-state index is -4.90. The van der Waals surface area contributed by atoms with Gasteiger partial charge in [-0.3, -0.25) is 9.59 Å². The van der Waals surface area contributed by atoms with E-state index in [-0.39, 0.29) is 18.2 Å². The molecule has 14 heteroatoms. The average Bonchev–Trinajstić information content (AvgIpc) is 2.97. The Morgan fingerprint density at radius 2 is 1.70 bits per heavy atom. The summed E-state index contributed by atoms with van der Waals surface area (Å²) in [4.78, 5) is 44.0. The first-order valence-corrected chi connectivity index (χ1v) is 14.0. The van der Waals surface area contributed by atoms with Crippen LogP contribution >= 0.6 is 0 Å². The van der Waals surface area contributed by atoms with E-state index in [1.165, 1.54) is 6.07 Å². The summed E-state index contributed by atoms with van der Waals surface area (Å²) >= 11 is 0. The van der Waals surface area contributed by atoms with Gasteiger partial charge in [0.1, 0.15) is 5.82 Å². The van der Waals surface area contributed by atoms with Crippen molar-refractivity contribution < 1.29 is 22.4 Å². The minimum Gasteiger partial charge on any atom is -0.368 e. The lowest BCUT2D eigenvalue weighted by Crippen LogP contribution is -2.50. The largest absolute Gasteiger partial charge is 0.417 e. The maximum atomic E-state index is 15.7. The van der Waals surface area contributed by atoms with E-state index in [1.807, 2.05) is 25.9 Å². The number of piperazine rings is 2. The fourth-order valence-electron chi connectivity index (χ4n) is 5.33. The molecule has 0 spiro atoms. The smallest absolute Gasteiger partial charge is 0.368 e. The van der Waals surface area contributed by atoms with Gasteiger partial charge in [0.25, 0.3) is 5.91 Å². The Bertz CT molecular complexity index is 1520. The monoisotopic (exact) mass is 602 g/mol. The maximum absolute atomic E-state index is 15.7. The van der Waals surface area contributed by atoms with Crippen molar-refractivity contribution in [2.24, 2.45) is 0 Å². The Labute approximate surface area is 246 Å². The highest BCUT2D eigenvalue weighted by molar-refractivity contribution is 5.95. The number of pyridine rings is 1. The Hall–Kier alpha value is -4.04. The number of halogens is 4. The van der Waals surface area contributed by atoms with Crippen LogP contribution in [0, 0.1) is 5.82 Å². The first-order chi connectivity index (χ1) is 20.4. The summed E-state index contributed by atoms with van der Waals surface area (Å²) < 4.78 is 56.4. The van der Waals surface area contributed by atoms with Gasteiger partial charge < -0.3 is 29.9 Å². The minimum absolute atomic E-state index is 0.171. The van der Waals surface area contributed by atoms with Crippen LogP contribution in [0.25, 0.3) is 11.1 Å². The molecule has 43 heavy (non-hydrogen) atoms. The number of anilines is 2. The predicted octanol–water partition coefficient (Wildman–Crippen LogP) is 2.81. The van der Waals surface area contributed by atoms with Crippen molar-refractivity contribution in [3.05, 3.63) is 69.7 Å². The zero-order valence-electron chi connectivity index (χ0n) is 24.2. The lowest BCUT2D eigenvalue weighted by Gasteiger charge is -2.40. The lowest BCUT2D eigenvalue weighted by atomic mass is 10.0. The van der Waals surface area contributed by atoms with Crippen LogP contribution in [0.3, 0.4) is 0 Å². The van der Waals surface area contributed by atoms with Crippen LogP contribution in [0.1, 0.15) is 28.4 Å². The van der Waals surface area contributed by atoms with E-state index < -0.39 is 34.6 Å². The number of carbonyl (C=O) groups is 1. The molecule has 1 aromatic carbocycles. The Morgan fingerprint density at radius 1 is 1.02 bits per heavy atom. The van der Waals surface area contributed by atoms with Crippen molar-refractivity contribution in [2.45, 2.75) is 25.7 Å². The molecule has 4 heterocycles. The van der Waals surface area contributed by atoms with Crippen molar-refractivity contribution >= 4 is 17.5 Å². The summed E-state index contributed by atoms with van der Waals surface area (Å²) in [5.41, 5.74) is -1.33. The molecule has 2 saturated heterocycles. The van der Waals surface area contributed by atoms with E-state index in [2.05, 4.69) is 35.0 Å². The number of amides is 1. The molecule has 2 aromatic heterocycles. The molecule has 2 fully saturated rings. The van der Waals surface area contributed by atoms with Gasteiger partial charge in [-0.2, -0.15) is 13.2 Å². The topological polar surface area (TPSA) is 101 Å². The number of aromatic amines is 1. The van der Waals surface area contributed by atoms with E-state index in [0.717, 1.165) is 38.9 Å². The number of H-pyrrole nitrogens is 1. The number of rotatable bonds is 6. The number of nitrogens with one attached hydrogen (secondary N) is 2. The number of alkyl halides is 3. The molecular weight excluding hydrogens is 568 g/mol. The highest BCUT2D eigenvalue weighted by Crippen LogP contribution is 2.33. The summed E-state index contributed by atoms with van der Waals surface area (Å²) in [7, 11) is 4.05. The molecule has 5 rings (SSSR count). The molecule has 0 radical (unpaired) electrons. The first kappa shape index (κ1) is 30.4. The van der Waals surface area contributed by atoms with Crippen molar-refractivity contribution in [3.8, 4) is 11.1 Å². The first-order valence-electron chi connectivity index (χ1n) is 14.0. The van der Waals surface area contributed by atoms with Gasteiger partial charge in [0.05, 0.1) is 11.1 Å². The summed E-state index contributed by atoms with van der Waals surface area (Å²) in [5, 5.41) is 2.54. The zero-order chi connectivity index (χ0) is 30.9. The van der Waals surface area contributed by atoms with Gasteiger partial charge in [0, 0.05) is 99.9 Å². The van der Waals surface area contributed by atoms with Gasteiger partial charge in [0.15, 0.2) is 0 Å². The average molecular weight is 603 g/mol. The fourth-order valence-corrected chi connectivity index (χ4v) is 5.33. The second kappa shape index (κ2) is 12.3. The van der Waals surface area contributed by atoms with Crippen molar-refractivity contribution in [3.63, 3.8) is 0 Å². The van der Waals surface area contributed by atoms with E-state index in [1.54, 1.807) is 18.5 Å². The molecule has 1 amide bonds. The molecule has 3 aromatic rings.